The van der Waals surface area contributed by atoms with E-state index in [0.29, 0.717) is 6.42 Å². The smallest absolute Gasteiger partial charge is 0.138 e. The molecule has 2 aromatic heterocycles. The zero-order valence-corrected chi connectivity index (χ0v) is 13.3. The lowest BCUT2D eigenvalue weighted by Crippen LogP contribution is -2.00. The molecule has 0 N–H and O–H groups in total. The molecule has 0 aliphatic heterocycles. The first-order valence-electron chi connectivity index (χ1n) is 7.28. The predicted octanol–water partition coefficient (Wildman–Crippen LogP) is 3.76. The quantitative estimate of drug-likeness (QED) is 0.531. The number of aromatic nitrogens is 2. The van der Waals surface area contributed by atoms with Crippen molar-refractivity contribution in [2.24, 2.45) is 0 Å². The third-order valence-electron chi connectivity index (χ3n) is 3.71. The Hall–Kier alpha value is -2.76. The summed E-state index contributed by atoms with van der Waals surface area (Å²) in [6, 6.07) is 14.4. The Balaban J connectivity index is 2.00. The summed E-state index contributed by atoms with van der Waals surface area (Å²) in [5, 5.41) is 20.1. The van der Waals surface area contributed by atoms with Crippen LogP contribution in [0, 0.1) is 22.0 Å². The maximum atomic E-state index is 9.04. The molecule has 5 heteroatoms. The van der Waals surface area contributed by atoms with Gasteiger partial charge in [-0.25, -0.2) is 0 Å². The van der Waals surface area contributed by atoms with E-state index in [1.54, 1.807) is 6.20 Å². The van der Waals surface area contributed by atoms with Crippen LogP contribution in [0.15, 0.2) is 53.7 Å². The van der Waals surface area contributed by atoms with E-state index in [0.717, 1.165) is 46.4 Å². The minimum Gasteiger partial charge on any atom is -0.316 e. The second kappa shape index (κ2) is 7.00. The normalized spacial score (nSPS) is 10.3. The van der Waals surface area contributed by atoms with Gasteiger partial charge in [0.05, 0.1) is 28.6 Å². The molecule has 2 heterocycles. The van der Waals surface area contributed by atoms with Crippen molar-refractivity contribution in [1.82, 2.24) is 9.38 Å². The zero-order valence-electron chi connectivity index (χ0n) is 12.4. The van der Waals surface area contributed by atoms with Gasteiger partial charge in [-0.05, 0) is 36.2 Å². The molecule has 1 aromatic carbocycles. The van der Waals surface area contributed by atoms with E-state index in [-0.39, 0.29) is 0 Å². The Morgan fingerprint density at radius 2 is 1.96 bits per heavy atom. The van der Waals surface area contributed by atoms with Crippen molar-refractivity contribution in [1.29, 1.82) is 10.5 Å². The molecule has 3 aromatic rings. The topological polar surface area (TPSA) is 64.9 Å². The number of benzene rings is 1. The van der Waals surface area contributed by atoms with Crippen LogP contribution in [0.1, 0.15) is 17.0 Å². The summed E-state index contributed by atoms with van der Waals surface area (Å²) in [5.41, 5.74) is 4.05. The number of hydrogen-bond acceptors (Lipinski definition) is 4. The fourth-order valence-corrected chi connectivity index (χ4v) is 3.29. The van der Waals surface area contributed by atoms with Gasteiger partial charge in [0, 0.05) is 18.1 Å². The third kappa shape index (κ3) is 3.21. The van der Waals surface area contributed by atoms with Crippen molar-refractivity contribution in [3.63, 3.8) is 0 Å². The molecule has 0 fully saturated rings. The van der Waals surface area contributed by atoms with Crippen LogP contribution in [0.4, 0.5) is 0 Å². The number of nitriles is 2. The van der Waals surface area contributed by atoms with Gasteiger partial charge < -0.3 is 4.40 Å². The Morgan fingerprint density at radius 1 is 1.13 bits per heavy atom. The van der Waals surface area contributed by atoms with Crippen molar-refractivity contribution in [2.75, 3.05) is 0 Å². The van der Waals surface area contributed by atoms with Gasteiger partial charge in [0.1, 0.15) is 5.40 Å². The summed E-state index contributed by atoms with van der Waals surface area (Å²) in [5.74, 6) is 0. The number of thioether (sulfide) groups is 1. The van der Waals surface area contributed by atoms with Crippen LogP contribution in [0.5, 0.6) is 0 Å². The highest BCUT2D eigenvalue weighted by atomic mass is 32.2. The van der Waals surface area contributed by atoms with Gasteiger partial charge in [0.25, 0.3) is 0 Å². The van der Waals surface area contributed by atoms with Crippen LogP contribution >= 0.6 is 11.8 Å². The lowest BCUT2D eigenvalue weighted by Gasteiger charge is -2.06. The summed E-state index contributed by atoms with van der Waals surface area (Å²) in [4.78, 5) is 5.38. The molecule has 0 atom stereocenters. The fraction of sp³-hybridized carbons (Fsp3) is 0.167. The van der Waals surface area contributed by atoms with Gasteiger partial charge in [-0.2, -0.15) is 10.5 Å². The van der Waals surface area contributed by atoms with E-state index in [1.165, 1.54) is 5.56 Å². The molecule has 0 aliphatic carbocycles. The molecule has 4 nitrogen and oxygen atoms in total. The largest absolute Gasteiger partial charge is 0.316 e. The first-order valence-corrected chi connectivity index (χ1v) is 8.09. The average molecular weight is 318 g/mol. The molecule has 0 saturated heterocycles. The Bertz CT molecular complexity index is 900. The minimum atomic E-state index is 0.315. The highest BCUT2D eigenvalue weighted by molar-refractivity contribution is 8.04. The van der Waals surface area contributed by atoms with Gasteiger partial charge in [0.15, 0.2) is 0 Å². The molecule has 23 heavy (non-hydrogen) atoms. The van der Waals surface area contributed by atoms with Crippen LogP contribution in [0.25, 0.3) is 5.52 Å². The molecular weight excluding hydrogens is 304 g/mol. The summed E-state index contributed by atoms with van der Waals surface area (Å²) in [7, 11) is 0. The number of fused-ring (bicyclic) bond motifs is 1. The lowest BCUT2D eigenvalue weighted by atomic mass is 10.1. The third-order valence-corrected chi connectivity index (χ3v) is 4.33. The molecule has 112 valence electrons. The van der Waals surface area contributed by atoms with E-state index >= 15 is 0 Å². The van der Waals surface area contributed by atoms with E-state index in [4.69, 9.17) is 10.5 Å². The van der Waals surface area contributed by atoms with E-state index in [2.05, 4.69) is 28.6 Å². The van der Waals surface area contributed by atoms with Crippen molar-refractivity contribution in [2.45, 2.75) is 24.2 Å². The van der Waals surface area contributed by atoms with Crippen molar-refractivity contribution in [3.05, 3.63) is 65.7 Å². The molecule has 0 bridgehead atoms. The summed E-state index contributed by atoms with van der Waals surface area (Å²) < 4.78 is 1.98. The molecule has 3 rings (SSSR count). The maximum Gasteiger partial charge on any atom is 0.138 e. The Kier molecular flexibility index (Phi) is 4.61. The van der Waals surface area contributed by atoms with Crippen LogP contribution < -0.4 is 0 Å². The minimum absolute atomic E-state index is 0.315. The van der Waals surface area contributed by atoms with Crippen LogP contribution in [-0.4, -0.2) is 9.38 Å². The van der Waals surface area contributed by atoms with Gasteiger partial charge in [-0.3, -0.25) is 4.98 Å². The molecule has 0 amide bonds. The van der Waals surface area contributed by atoms with Gasteiger partial charge in [-0.15, -0.1) is 0 Å². The SMILES string of the molecule is N#CCc1cc(SC#N)c2c(CCc3ccccc3)nccn12. The second-order valence-corrected chi connectivity index (χ2v) is 5.93. The number of aryl methyl sites for hydroxylation is 2. The van der Waals surface area contributed by atoms with Crippen LogP contribution in [0.3, 0.4) is 0 Å². The van der Waals surface area contributed by atoms with Crippen molar-refractivity contribution >= 4 is 17.3 Å². The van der Waals surface area contributed by atoms with Gasteiger partial charge >= 0.3 is 0 Å². The van der Waals surface area contributed by atoms with Crippen LogP contribution in [-0.2, 0) is 19.3 Å². The molecular formula is C18H14N4S. The number of nitrogens with zero attached hydrogens (tertiary/aromatic N) is 4. The average Bonchev–Trinajstić information content (AvgIpc) is 2.93. The molecule has 0 spiro atoms. The highest BCUT2D eigenvalue weighted by Crippen LogP contribution is 2.29. The van der Waals surface area contributed by atoms with Crippen LogP contribution in [0.2, 0.25) is 0 Å². The molecule has 0 aliphatic rings. The summed E-state index contributed by atoms with van der Waals surface area (Å²) in [6.07, 6.45) is 5.62. The zero-order chi connectivity index (χ0) is 16.1. The number of rotatable bonds is 5. The first-order chi connectivity index (χ1) is 11.3. The second-order valence-electron chi connectivity index (χ2n) is 5.11. The van der Waals surface area contributed by atoms with Gasteiger partial charge in [0.2, 0.25) is 0 Å². The lowest BCUT2D eigenvalue weighted by molar-refractivity contribution is 0.897. The van der Waals surface area contributed by atoms with Crippen molar-refractivity contribution < 1.29 is 0 Å². The molecule has 0 radical (unpaired) electrons. The highest BCUT2D eigenvalue weighted by Gasteiger charge is 2.14. The summed E-state index contributed by atoms with van der Waals surface area (Å²) >= 11 is 1.12. The van der Waals surface area contributed by atoms with E-state index in [1.807, 2.05) is 34.9 Å². The first kappa shape index (κ1) is 15.1. The van der Waals surface area contributed by atoms with Gasteiger partial charge in [-0.1, -0.05) is 30.3 Å². The van der Waals surface area contributed by atoms with Crippen molar-refractivity contribution in [3.8, 4) is 11.5 Å². The molecule has 0 unspecified atom stereocenters. The van der Waals surface area contributed by atoms with E-state index in [9.17, 15) is 0 Å². The predicted molar refractivity (Wildman–Crippen MR) is 89.8 cm³/mol. The van der Waals surface area contributed by atoms with E-state index < -0.39 is 0 Å². The molecule has 0 saturated carbocycles. The number of hydrogen-bond donors (Lipinski definition) is 0. The summed E-state index contributed by atoms with van der Waals surface area (Å²) in [6.45, 7) is 0. The monoisotopic (exact) mass is 318 g/mol. The maximum absolute atomic E-state index is 9.04. The standard InChI is InChI=1S/C18H14N4S/c19-9-8-15-12-17(23-13-20)18-16(21-10-11-22(15)18)7-6-14-4-2-1-3-5-14/h1-5,10-12H,6-8H2. The number of thiocyanates is 1. The fourth-order valence-electron chi connectivity index (χ4n) is 2.69. The Morgan fingerprint density at radius 3 is 2.70 bits per heavy atom. The Labute approximate surface area is 139 Å².